The molecule has 0 saturated heterocycles. The summed E-state index contributed by atoms with van der Waals surface area (Å²) >= 11 is 6.02. The molecule has 4 rings (SSSR count). The van der Waals surface area contributed by atoms with Crippen molar-refractivity contribution >= 4 is 36.1 Å². The van der Waals surface area contributed by atoms with Crippen LogP contribution in [0, 0.1) is 0 Å². The molecule has 0 spiro atoms. The van der Waals surface area contributed by atoms with E-state index in [1.54, 1.807) is 0 Å². The topological polar surface area (TPSA) is 32.1 Å². The van der Waals surface area contributed by atoms with Gasteiger partial charge in [0.1, 0.15) is 5.69 Å². The van der Waals surface area contributed by atoms with E-state index in [1.807, 2.05) is 90.0 Å². The summed E-state index contributed by atoms with van der Waals surface area (Å²) in [5, 5.41) is 8.37. The Morgan fingerprint density at radius 2 is 1.31 bits per heavy atom. The first-order valence-corrected chi connectivity index (χ1v) is 8.95. The number of amidine groups is 1. The van der Waals surface area contributed by atoms with Crippen LogP contribution in [0.3, 0.4) is 0 Å². The van der Waals surface area contributed by atoms with Crippen LogP contribution in [-0.2, 0) is 0 Å². The number of quaternary nitrogens is 1. The molecule has 29 heavy (non-hydrogen) atoms. The first kappa shape index (κ1) is 20.7. The van der Waals surface area contributed by atoms with Crippen LogP contribution in [0.2, 0.25) is 5.02 Å². The molecule has 2 N–H and O–H groups in total. The maximum Gasteiger partial charge on any atom is 0.673 e. The van der Waals surface area contributed by atoms with Gasteiger partial charge in [-0.1, -0.05) is 70.4 Å². The molecule has 1 atom stereocenters. The molecular weight excluding hydrogens is 406 g/mol. The number of hydrazine groups is 1. The zero-order chi connectivity index (χ0) is 20.9. The van der Waals surface area contributed by atoms with Crippen molar-refractivity contribution in [2.45, 2.75) is 0 Å². The number of para-hydroxylation sites is 1. The van der Waals surface area contributed by atoms with Gasteiger partial charge in [-0.15, -0.1) is 0 Å². The lowest BCUT2D eigenvalue weighted by molar-refractivity contribution is -0.846. The zero-order valence-corrected chi connectivity index (χ0v) is 15.7. The second-order valence-corrected chi connectivity index (χ2v) is 6.37. The SMILES string of the molecule is Clc1ccc([NH+]2N=C(c3ccccc3)NN2c2ccccc2)cc1.F[B-](F)(F)F. The van der Waals surface area contributed by atoms with Crippen LogP contribution >= 0.6 is 11.6 Å². The molecule has 0 fully saturated rings. The Morgan fingerprint density at radius 3 is 1.86 bits per heavy atom. The summed E-state index contributed by atoms with van der Waals surface area (Å²) in [6, 6.07) is 27.9. The summed E-state index contributed by atoms with van der Waals surface area (Å²) in [5.41, 5.74) is 6.47. The summed E-state index contributed by atoms with van der Waals surface area (Å²) < 4.78 is 39.0. The van der Waals surface area contributed by atoms with E-state index in [0.717, 1.165) is 27.9 Å². The van der Waals surface area contributed by atoms with Crippen molar-refractivity contribution in [1.29, 1.82) is 0 Å². The average Bonchev–Trinajstić information content (AvgIpc) is 3.14. The third-order valence-corrected chi connectivity index (χ3v) is 4.06. The maximum absolute atomic E-state index is 9.75. The van der Waals surface area contributed by atoms with Gasteiger partial charge in [-0.2, -0.15) is 0 Å². The molecular formula is C19H16BClF4N4. The van der Waals surface area contributed by atoms with E-state index < -0.39 is 7.25 Å². The lowest BCUT2D eigenvalue weighted by Crippen LogP contribution is -3.10. The Balaban J connectivity index is 0.000000431. The molecule has 150 valence electrons. The van der Waals surface area contributed by atoms with E-state index in [9.17, 15) is 17.3 Å². The lowest BCUT2D eigenvalue weighted by Gasteiger charge is -2.21. The van der Waals surface area contributed by atoms with Gasteiger partial charge in [0.25, 0.3) is 0 Å². The van der Waals surface area contributed by atoms with Crippen molar-refractivity contribution in [1.82, 2.24) is 5.43 Å². The molecule has 3 aromatic carbocycles. The third kappa shape index (κ3) is 5.97. The third-order valence-electron chi connectivity index (χ3n) is 3.81. The van der Waals surface area contributed by atoms with Crippen LogP contribution in [0.15, 0.2) is 90.0 Å². The summed E-state index contributed by atoms with van der Waals surface area (Å²) in [6.07, 6.45) is 0. The summed E-state index contributed by atoms with van der Waals surface area (Å²) in [4.78, 5) is 0. The molecule has 1 unspecified atom stereocenters. The van der Waals surface area contributed by atoms with Crippen LogP contribution in [-0.4, -0.2) is 13.1 Å². The number of hydrogen-bond acceptors (Lipinski definition) is 3. The van der Waals surface area contributed by atoms with Crippen LogP contribution in [0.4, 0.5) is 28.6 Å². The second-order valence-electron chi connectivity index (χ2n) is 5.93. The van der Waals surface area contributed by atoms with Gasteiger partial charge >= 0.3 is 7.25 Å². The maximum atomic E-state index is 9.75. The van der Waals surface area contributed by atoms with Gasteiger partial charge in [0.2, 0.25) is 5.84 Å². The molecule has 4 nitrogen and oxygen atoms in total. The first-order valence-electron chi connectivity index (χ1n) is 8.57. The lowest BCUT2D eigenvalue weighted by atomic mass is 10.2. The predicted molar refractivity (Wildman–Crippen MR) is 107 cm³/mol. The van der Waals surface area contributed by atoms with E-state index in [0.29, 0.717) is 5.02 Å². The molecule has 1 aliphatic heterocycles. The number of nitrogens with zero attached hydrogens (tertiary/aromatic N) is 2. The van der Waals surface area contributed by atoms with Crippen LogP contribution in [0.25, 0.3) is 0 Å². The van der Waals surface area contributed by atoms with Crippen molar-refractivity contribution in [3.8, 4) is 0 Å². The van der Waals surface area contributed by atoms with Gasteiger partial charge in [0, 0.05) is 22.7 Å². The first-order chi connectivity index (χ1) is 13.8. The molecule has 0 aromatic heterocycles. The monoisotopic (exact) mass is 422 g/mol. The Hall–Kier alpha value is -3.04. The highest BCUT2D eigenvalue weighted by Gasteiger charge is 2.32. The largest absolute Gasteiger partial charge is 0.673 e. The van der Waals surface area contributed by atoms with Gasteiger partial charge in [-0.05, 0) is 29.4 Å². The number of benzene rings is 3. The Morgan fingerprint density at radius 1 is 0.793 bits per heavy atom. The van der Waals surface area contributed by atoms with Gasteiger partial charge in [0.05, 0.1) is 0 Å². The van der Waals surface area contributed by atoms with Crippen molar-refractivity contribution in [3.05, 3.63) is 95.5 Å². The highest BCUT2D eigenvalue weighted by Crippen LogP contribution is 2.15. The fourth-order valence-electron chi connectivity index (χ4n) is 2.62. The molecule has 3 aromatic rings. The van der Waals surface area contributed by atoms with Gasteiger partial charge in [-0.3, -0.25) is 0 Å². The summed E-state index contributed by atoms with van der Waals surface area (Å²) in [7, 11) is -6.00. The minimum absolute atomic E-state index is 0.712. The van der Waals surface area contributed by atoms with E-state index in [2.05, 4.69) is 5.43 Å². The molecule has 1 aliphatic rings. The van der Waals surface area contributed by atoms with E-state index in [4.69, 9.17) is 16.7 Å². The average molecular weight is 423 g/mol. The van der Waals surface area contributed by atoms with Crippen molar-refractivity contribution in [3.63, 3.8) is 0 Å². The highest BCUT2D eigenvalue weighted by atomic mass is 35.5. The Labute approximate surface area is 170 Å². The summed E-state index contributed by atoms with van der Waals surface area (Å²) in [5.74, 6) is 0.824. The van der Waals surface area contributed by atoms with Crippen molar-refractivity contribution < 1.29 is 22.4 Å². The minimum Gasteiger partial charge on any atom is -0.418 e. The standard InChI is InChI=1S/C19H15ClN4.BF4/c20-16-11-13-18(14-12-16)24-22-19(15-7-3-1-4-8-15)21-23(24)17-9-5-2-6-10-17;2-1(3,4)5/h1-14H,(H,21,22);/q;-1/p+1. The Bertz CT molecular complexity index is 947. The smallest absolute Gasteiger partial charge is 0.418 e. The van der Waals surface area contributed by atoms with E-state index in [-0.39, 0.29) is 0 Å². The van der Waals surface area contributed by atoms with Crippen LogP contribution in [0.1, 0.15) is 5.56 Å². The number of anilines is 1. The molecule has 0 aliphatic carbocycles. The molecule has 0 bridgehead atoms. The van der Waals surface area contributed by atoms with Gasteiger partial charge in [0.15, 0.2) is 5.69 Å². The predicted octanol–water partition coefficient (Wildman–Crippen LogP) is 4.46. The Kier molecular flexibility index (Phi) is 6.41. The number of hydrogen-bond donors (Lipinski definition) is 2. The second kappa shape index (κ2) is 8.98. The minimum atomic E-state index is -6.00. The van der Waals surface area contributed by atoms with Gasteiger partial charge in [-0.25, -0.2) is 5.43 Å². The fraction of sp³-hybridized carbons (Fsp3) is 0. The molecule has 1 heterocycles. The van der Waals surface area contributed by atoms with Gasteiger partial charge < -0.3 is 17.3 Å². The van der Waals surface area contributed by atoms with E-state index in [1.165, 1.54) is 0 Å². The number of halogens is 5. The zero-order valence-electron chi connectivity index (χ0n) is 14.9. The molecule has 0 amide bonds. The fourth-order valence-corrected chi connectivity index (χ4v) is 2.75. The quantitative estimate of drug-likeness (QED) is 0.483. The normalized spacial score (nSPS) is 15.8. The molecule has 0 radical (unpaired) electrons. The van der Waals surface area contributed by atoms with Crippen molar-refractivity contribution in [2.24, 2.45) is 5.10 Å². The summed E-state index contributed by atoms with van der Waals surface area (Å²) in [6.45, 7) is 0. The van der Waals surface area contributed by atoms with Crippen molar-refractivity contribution in [2.75, 3.05) is 5.12 Å². The molecule has 10 heteroatoms. The number of rotatable bonds is 3. The van der Waals surface area contributed by atoms with Crippen LogP contribution in [0.5, 0.6) is 0 Å². The highest BCUT2D eigenvalue weighted by molar-refractivity contribution is 6.50. The molecule has 0 saturated carbocycles. The van der Waals surface area contributed by atoms with E-state index >= 15 is 0 Å². The van der Waals surface area contributed by atoms with Crippen LogP contribution < -0.4 is 15.7 Å². The number of nitrogens with one attached hydrogen (secondary N) is 2.